The minimum Gasteiger partial charge on any atom is -0.265 e. The minimum atomic E-state index is 0. The molecule has 0 spiro atoms. The van der Waals surface area contributed by atoms with Gasteiger partial charge in [-0.1, -0.05) is 65.5 Å². The predicted octanol–water partition coefficient (Wildman–Crippen LogP) is 5.65. The third kappa shape index (κ3) is 6.76. The molecule has 2 rings (SSSR count). The predicted molar refractivity (Wildman–Crippen MR) is 85.6 cm³/mol. The highest BCUT2D eigenvalue weighted by Crippen LogP contribution is 2.12. The summed E-state index contributed by atoms with van der Waals surface area (Å²) >= 11 is 0. The van der Waals surface area contributed by atoms with Crippen LogP contribution in [0.1, 0.15) is 58.1 Å². The van der Waals surface area contributed by atoms with E-state index in [1.807, 2.05) is 30.6 Å². The molecule has 1 heteroatoms. The average molecular weight is 257 g/mol. The van der Waals surface area contributed by atoms with Crippen LogP contribution in [0.2, 0.25) is 0 Å². The summed E-state index contributed by atoms with van der Waals surface area (Å²) in [4.78, 5) is 3.93. The molecule has 0 aliphatic heterocycles. The summed E-state index contributed by atoms with van der Waals surface area (Å²) in [5.74, 6) is 1.28. The van der Waals surface area contributed by atoms with Crippen LogP contribution in [-0.4, -0.2) is 4.98 Å². The Bertz CT molecular complexity index is 374. The molecule has 19 heavy (non-hydrogen) atoms. The van der Waals surface area contributed by atoms with Crippen molar-refractivity contribution in [2.24, 2.45) is 0 Å². The Kier molecular flexibility index (Phi) is 8.52. The van der Waals surface area contributed by atoms with Crippen molar-refractivity contribution in [2.75, 3.05) is 0 Å². The standard InChI is InChI=1S/C9H12.C8H11N.CH4/c1-8(2)9-6-4-3-5-7-9;1-7(2)8-3-5-9-6-4-8;/h3-8H,1-2H3;3-7H,1-2H3;1H4. The van der Waals surface area contributed by atoms with Crippen molar-refractivity contribution in [3.63, 3.8) is 0 Å². The van der Waals surface area contributed by atoms with Crippen molar-refractivity contribution in [3.05, 3.63) is 66.0 Å². The molecule has 1 nitrogen and oxygen atoms in total. The molecular weight excluding hydrogens is 230 g/mol. The van der Waals surface area contributed by atoms with E-state index in [0.717, 1.165) is 0 Å². The van der Waals surface area contributed by atoms with E-state index in [0.29, 0.717) is 11.8 Å². The highest BCUT2D eigenvalue weighted by molar-refractivity contribution is 5.17. The first kappa shape index (κ1) is 17.4. The first-order valence-electron chi connectivity index (χ1n) is 6.56. The largest absolute Gasteiger partial charge is 0.265 e. The maximum atomic E-state index is 3.93. The van der Waals surface area contributed by atoms with Crippen LogP contribution in [0, 0.1) is 0 Å². The molecule has 0 atom stereocenters. The van der Waals surface area contributed by atoms with Gasteiger partial charge in [-0.2, -0.15) is 0 Å². The molecule has 104 valence electrons. The Hall–Kier alpha value is -1.63. The molecule has 0 aliphatic rings. The van der Waals surface area contributed by atoms with Crippen molar-refractivity contribution in [3.8, 4) is 0 Å². The highest BCUT2D eigenvalue weighted by atomic mass is 14.6. The second kappa shape index (κ2) is 9.32. The van der Waals surface area contributed by atoms with E-state index in [-0.39, 0.29) is 7.43 Å². The maximum Gasteiger partial charge on any atom is 0.0270 e. The van der Waals surface area contributed by atoms with Crippen molar-refractivity contribution in [1.82, 2.24) is 4.98 Å². The van der Waals surface area contributed by atoms with E-state index in [1.54, 1.807) is 0 Å². The number of hydrogen-bond donors (Lipinski definition) is 0. The fourth-order valence-corrected chi connectivity index (χ4v) is 1.59. The molecule has 0 saturated carbocycles. The summed E-state index contributed by atoms with van der Waals surface area (Å²) in [6, 6.07) is 14.6. The van der Waals surface area contributed by atoms with Crippen molar-refractivity contribution in [1.29, 1.82) is 0 Å². The lowest BCUT2D eigenvalue weighted by atomic mass is 10.0. The normalized spacial score (nSPS) is 9.58. The minimum absolute atomic E-state index is 0. The van der Waals surface area contributed by atoms with Gasteiger partial charge in [0.15, 0.2) is 0 Å². The summed E-state index contributed by atoms with van der Waals surface area (Å²) in [7, 11) is 0. The van der Waals surface area contributed by atoms with Gasteiger partial charge >= 0.3 is 0 Å². The van der Waals surface area contributed by atoms with Gasteiger partial charge in [0.25, 0.3) is 0 Å². The summed E-state index contributed by atoms with van der Waals surface area (Å²) < 4.78 is 0. The average Bonchev–Trinajstić information content (AvgIpc) is 2.41. The first-order valence-corrected chi connectivity index (χ1v) is 6.56. The van der Waals surface area contributed by atoms with Gasteiger partial charge in [0, 0.05) is 12.4 Å². The van der Waals surface area contributed by atoms with Gasteiger partial charge < -0.3 is 0 Å². The number of aromatic nitrogens is 1. The molecular formula is C18H27N. The number of hydrogen-bond acceptors (Lipinski definition) is 1. The number of pyridine rings is 1. The van der Waals surface area contributed by atoms with Crippen LogP contribution >= 0.6 is 0 Å². The Labute approximate surface area is 118 Å². The fourth-order valence-electron chi connectivity index (χ4n) is 1.59. The van der Waals surface area contributed by atoms with E-state index < -0.39 is 0 Å². The molecule has 0 amide bonds. The van der Waals surface area contributed by atoms with Crippen LogP contribution in [0.4, 0.5) is 0 Å². The van der Waals surface area contributed by atoms with Gasteiger partial charge in [-0.25, -0.2) is 0 Å². The molecule has 1 heterocycles. The van der Waals surface area contributed by atoms with E-state index in [2.05, 4.69) is 56.9 Å². The Morgan fingerprint density at radius 3 is 1.42 bits per heavy atom. The van der Waals surface area contributed by atoms with E-state index in [9.17, 15) is 0 Å². The fraction of sp³-hybridized carbons (Fsp3) is 0.389. The summed E-state index contributed by atoms with van der Waals surface area (Å²) in [5.41, 5.74) is 2.77. The molecule has 0 saturated heterocycles. The number of nitrogens with zero attached hydrogens (tertiary/aromatic N) is 1. The summed E-state index contributed by atoms with van der Waals surface area (Å²) in [5, 5.41) is 0. The quantitative estimate of drug-likeness (QED) is 0.677. The second-order valence-electron chi connectivity index (χ2n) is 5.00. The highest BCUT2D eigenvalue weighted by Gasteiger charge is 1.94. The molecule has 2 aromatic rings. The van der Waals surface area contributed by atoms with Crippen LogP contribution in [0.15, 0.2) is 54.9 Å². The van der Waals surface area contributed by atoms with Crippen LogP contribution in [0.3, 0.4) is 0 Å². The van der Waals surface area contributed by atoms with Crippen molar-refractivity contribution in [2.45, 2.75) is 47.0 Å². The molecule has 1 aromatic carbocycles. The molecule has 0 radical (unpaired) electrons. The van der Waals surface area contributed by atoms with Gasteiger partial charge in [0.2, 0.25) is 0 Å². The van der Waals surface area contributed by atoms with Crippen LogP contribution in [-0.2, 0) is 0 Å². The topological polar surface area (TPSA) is 12.9 Å². The molecule has 0 N–H and O–H groups in total. The Morgan fingerprint density at radius 1 is 0.684 bits per heavy atom. The molecule has 0 fully saturated rings. The monoisotopic (exact) mass is 257 g/mol. The van der Waals surface area contributed by atoms with Crippen LogP contribution < -0.4 is 0 Å². The van der Waals surface area contributed by atoms with E-state index >= 15 is 0 Å². The van der Waals surface area contributed by atoms with E-state index in [4.69, 9.17) is 0 Å². The number of rotatable bonds is 2. The van der Waals surface area contributed by atoms with Crippen molar-refractivity contribution < 1.29 is 0 Å². The zero-order valence-corrected chi connectivity index (χ0v) is 11.8. The molecule has 0 aliphatic carbocycles. The second-order valence-corrected chi connectivity index (χ2v) is 5.00. The molecule has 0 bridgehead atoms. The summed E-state index contributed by atoms with van der Waals surface area (Å²) in [6.07, 6.45) is 3.66. The maximum absolute atomic E-state index is 3.93. The van der Waals surface area contributed by atoms with Crippen molar-refractivity contribution >= 4 is 0 Å². The van der Waals surface area contributed by atoms with Gasteiger partial charge in [0.1, 0.15) is 0 Å². The first-order chi connectivity index (χ1) is 8.61. The van der Waals surface area contributed by atoms with E-state index in [1.165, 1.54) is 11.1 Å². The van der Waals surface area contributed by atoms with Gasteiger partial charge in [-0.3, -0.25) is 4.98 Å². The number of benzene rings is 1. The third-order valence-electron chi connectivity index (χ3n) is 2.84. The lowest BCUT2D eigenvalue weighted by Crippen LogP contribution is -1.85. The zero-order chi connectivity index (χ0) is 13.4. The smallest absolute Gasteiger partial charge is 0.0270 e. The zero-order valence-electron chi connectivity index (χ0n) is 11.8. The third-order valence-corrected chi connectivity index (χ3v) is 2.84. The molecule has 1 aromatic heterocycles. The summed E-state index contributed by atoms with van der Waals surface area (Å²) in [6.45, 7) is 8.76. The Morgan fingerprint density at radius 2 is 1.11 bits per heavy atom. The lowest BCUT2D eigenvalue weighted by molar-refractivity contribution is 0.863. The van der Waals surface area contributed by atoms with Gasteiger partial charge in [-0.15, -0.1) is 0 Å². The Balaban J connectivity index is 0.000000324. The van der Waals surface area contributed by atoms with Crippen LogP contribution in [0.25, 0.3) is 0 Å². The molecule has 0 unspecified atom stereocenters. The lowest BCUT2D eigenvalue weighted by Gasteiger charge is -2.01. The van der Waals surface area contributed by atoms with Crippen LogP contribution in [0.5, 0.6) is 0 Å². The van der Waals surface area contributed by atoms with Gasteiger partial charge in [-0.05, 0) is 35.1 Å². The SMILES string of the molecule is C.CC(C)c1ccccc1.CC(C)c1ccncc1. The van der Waals surface area contributed by atoms with Gasteiger partial charge in [0.05, 0.1) is 0 Å².